The first kappa shape index (κ1) is 20.8. The lowest BCUT2D eigenvalue weighted by Gasteiger charge is -2.28. The molecule has 29 heavy (non-hydrogen) atoms. The first-order valence-electron chi connectivity index (χ1n) is 9.85. The summed E-state index contributed by atoms with van der Waals surface area (Å²) >= 11 is 0. The van der Waals surface area contributed by atoms with Crippen molar-refractivity contribution in [2.75, 3.05) is 7.11 Å². The van der Waals surface area contributed by atoms with Gasteiger partial charge in [0.25, 0.3) is 0 Å². The smallest absolute Gasteiger partial charge is 0.334 e. The van der Waals surface area contributed by atoms with E-state index in [4.69, 9.17) is 14.5 Å². The Morgan fingerprint density at radius 3 is 2.55 bits per heavy atom. The molecular formula is C24H28N2O3. The van der Waals surface area contributed by atoms with Crippen molar-refractivity contribution in [3.05, 3.63) is 65.9 Å². The number of hydrogen-bond acceptors (Lipinski definition) is 5. The minimum atomic E-state index is -0.894. The number of benzene rings is 1. The number of ether oxygens (including phenoxy) is 2. The second kappa shape index (κ2) is 8.60. The number of carbonyl (C=O) groups excluding carboxylic acids is 1. The topological polar surface area (TPSA) is 60.8 Å². The van der Waals surface area contributed by atoms with E-state index in [9.17, 15) is 4.79 Å². The van der Waals surface area contributed by atoms with E-state index in [-0.39, 0.29) is 5.97 Å². The van der Waals surface area contributed by atoms with E-state index in [0.29, 0.717) is 18.7 Å². The highest BCUT2D eigenvalue weighted by atomic mass is 16.6. The van der Waals surface area contributed by atoms with Crippen molar-refractivity contribution < 1.29 is 14.3 Å². The van der Waals surface area contributed by atoms with Crippen LogP contribution in [0.25, 0.3) is 6.08 Å². The van der Waals surface area contributed by atoms with Crippen LogP contribution < -0.4 is 4.74 Å². The Labute approximate surface area is 172 Å². The van der Waals surface area contributed by atoms with Crippen molar-refractivity contribution in [1.82, 2.24) is 4.98 Å². The van der Waals surface area contributed by atoms with Gasteiger partial charge in [0.05, 0.1) is 7.11 Å². The second-order valence-corrected chi connectivity index (χ2v) is 8.20. The molecule has 0 radical (unpaired) electrons. The van der Waals surface area contributed by atoms with E-state index < -0.39 is 11.1 Å². The van der Waals surface area contributed by atoms with Crippen LogP contribution >= 0.6 is 0 Å². The molecule has 0 fully saturated rings. The summed E-state index contributed by atoms with van der Waals surface area (Å²) in [6.07, 6.45) is 7.53. The Kier molecular flexibility index (Phi) is 6.16. The number of rotatable bonds is 6. The normalized spacial score (nSPS) is 19.2. The van der Waals surface area contributed by atoms with Crippen molar-refractivity contribution in [1.29, 1.82) is 0 Å². The van der Waals surface area contributed by atoms with Gasteiger partial charge in [0.15, 0.2) is 5.54 Å². The zero-order chi connectivity index (χ0) is 20.9. The van der Waals surface area contributed by atoms with Gasteiger partial charge in [-0.2, -0.15) is 0 Å². The number of methoxy groups -OCH3 is 1. The number of carbonyl (C=O) groups is 1. The first-order valence-corrected chi connectivity index (χ1v) is 9.85. The van der Waals surface area contributed by atoms with Crippen LogP contribution in [0.1, 0.15) is 51.2 Å². The molecule has 1 aliphatic rings. The molecule has 5 heteroatoms. The van der Waals surface area contributed by atoms with E-state index in [2.05, 4.69) is 4.98 Å². The fraction of sp³-hybridized carbons (Fsp3) is 0.375. The molecule has 0 saturated carbocycles. The summed E-state index contributed by atoms with van der Waals surface area (Å²) in [6, 6.07) is 13.8. The highest BCUT2D eigenvalue weighted by Gasteiger charge is 2.44. The zero-order valence-corrected chi connectivity index (χ0v) is 17.5. The fourth-order valence-corrected chi connectivity index (χ4v) is 3.29. The molecule has 1 aromatic heterocycles. The molecule has 0 spiro atoms. The highest BCUT2D eigenvalue weighted by molar-refractivity contribution is 6.04. The molecule has 2 aromatic rings. The minimum Gasteiger partial charge on any atom is -0.481 e. The summed E-state index contributed by atoms with van der Waals surface area (Å²) in [5, 5.41) is 0. The summed E-state index contributed by atoms with van der Waals surface area (Å²) in [5.74, 6) is 0.300. The van der Waals surface area contributed by atoms with Crippen LogP contribution in [0.5, 0.6) is 5.88 Å². The standard InChI is InChI=1S/C24H28N2O3/c1-23(2,3)29-22(27)24(15-8-9-18-12-13-21(28-4)25-17-18)16-14-20(26-24)19-10-6-5-7-11-19/h5-13,17H,14-16H2,1-4H3/b9-8+/t24-/m1/s1. The lowest BCUT2D eigenvalue weighted by atomic mass is 9.91. The molecule has 1 atom stereocenters. The van der Waals surface area contributed by atoms with Crippen molar-refractivity contribution in [2.24, 2.45) is 4.99 Å². The number of aliphatic imine (C=N–C) groups is 1. The van der Waals surface area contributed by atoms with Crippen LogP contribution in [0.3, 0.4) is 0 Å². The Morgan fingerprint density at radius 1 is 1.17 bits per heavy atom. The maximum Gasteiger partial charge on any atom is 0.334 e. The highest BCUT2D eigenvalue weighted by Crippen LogP contribution is 2.35. The lowest BCUT2D eigenvalue weighted by Crippen LogP contribution is -2.40. The molecule has 0 bridgehead atoms. The zero-order valence-electron chi connectivity index (χ0n) is 17.5. The Hall–Kier alpha value is -2.95. The quantitative estimate of drug-likeness (QED) is 0.659. The molecule has 0 unspecified atom stereocenters. The largest absolute Gasteiger partial charge is 0.481 e. The monoisotopic (exact) mass is 392 g/mol. The van der Waals surface area contributed by atoms with Gasteiger partial charge in [0.2, 0.25) is 5.88 Å². The minimum absolute atomic E-state index is 0.270. The molecule has 0 aliphatic carbocycles. The van der Waals surface area contributed by atoms with Crippen molar-refractivity contribution >= 4 is 17.8 Å². The van der Waals surface area contributed by atoms with Gasteiger partial charge in [-0.05, 0) is 50.8 Å². The lowest BCUT2D eigenvalue weighted by molar-refractivity contribution is -0.161. The van der Waals surface area contributed by atoms with Crippen LogP contribution in [0, 0.1) is 0 Å². The van der Waals surface area contributed by atoms with E-state index in [1.807, 2.05) is 75.4 Å². The van der Waals surface area contributed by atoms with Crippen molar-refractivity contribution in [3.8, 4) is 5.88 Å². The summed E-state index contributed by atoms with van der Waals surface area (Å²) in [5.41, 5.74) is 1.50. The summed E-state index contributed by atoms with van der Waals surface area (Å²) < 4.78 is 10.8. The Bertz CT molecular complexity index is 896. The fourth-order valence-electron chi connectivity index (χ4n) is 3.29. The number of esters is 1. The SMILES string of the molecule is COc1ccc(/C=C/C[C@]2(C(=O)OC(C)(C)C)CCC(c3ccccc3)=N2)cn1. The molecular weight excluding hydrogens is 364 g/mol. The third kappa shape index (κ3) is 5.31. The molecule has 0 saturated heterocycles. The van der Waals surface area contributed by atoms with Gasteiger partial charge in [-0.15, -0.1) is 0 Å². The van der Waals surface area contributed by atoms with Gasteiger partial charge in [0, 0.05) is 24.4 Å². The predicted molar refractivity (Wildman–Crippen MR) is 115 cm³/mol. The van der Waals surface area contributed by atoms with Crippen LogP contribution in [0.2, 0.25) is 0 Å². The average Bonchev–Trinajstić information content (AvgIpc) is 3.14. The maximum absolute atomic E-state index is 13.1. The molecule has 2 heterocycles. The molecule has 1 aliphatic heterocycles. The first-order chi connectivity index (χ1) is 13.8. The number of aromatic nitrogens is 1. The van der Waals surface area contributed by atoms with E-state index in [1.165, 1.54) is 0 Å². The molecule has 5 nitrogen and oxygen atoms in total. The molecule has 152 valence electrons. The number of pyridine rings is 1. The van der Waals surface area contributed by atoms with Gasteiger partial charge >= 0.3 is 5.97 Å². The summed E-state index contributed by atoms with van der Waals surface area (Å²) in [7, 11) is 1.59. The maximum atomic E-state index is 13.1. The third-order valence-electron chi connectivity index (χ3n) is 4.74. The molecule has 0 amide bonds. The van der Waals surface area contributed by atoms with E-state index >= 15 is 0 Å². The van der Waals surface area contributed by atoms with E-state index in [0.717, 1.165) is 23.3 Å². The second-order valence-electron chi connectivity index (χ2n) is 8.20. The van der Waals surface area contributed by atoms with Gasteiger partial charge in [-0.1, -0.05) is 42.5 Å². The van der Waals surface area contributed by atoms with Crippen molar-refractivity contribution in [3.63, 3.8) is 0 Å². The molecule has 0 N–H and O–H groups in total. The third-order valence-corrected chi connectivity index (χ3v) is 4.74. The van der Waals surface area contributed by atoms with Gasteiger partial charge < -0.3 is 9.47 Å². The van der Waals surface area contributed by atoms with Gasteiger partial charge in [-0.25, -0.2) is 9.78 Å². The molecule has 1 aromatic carbocycles. The number of nitrogens with zero attached hydrogens (tertiary/aromatic N) is 2. The van der Waals surface area contributed by atoms with Crippen LogP contribution in [0.15, 0.2) is 59.7 Å². The summed E-state index contributed by atoms with van der Waals surface area (Å²) in [6.45, 7) is 5.65. The Morgan fingerprint density at radius 2 is 1.93 bits per heavy atom. The van der Waals surface area contributed by atoms with Crippen LogP contribution in [-0.4, -0.2) is 34.9 Å². The van der Waals surface area contributed by atoms with Crippen molar-refractivity contribution in [2.45, 2.75) is 51.2 Å². The Balaban J connectivity index is 1.84. The number of hydrogen-bond donors (Lipinski definition) is 0. The van der Waals surface area contributed by atoms with Crippen LogP contribution in [-0.2, 0) is 9.53 Å². The van der Waals surface area contributed by atoms with Crippen LogP contribution in [0.4, 0.5) is 0 Å². The summed E-state index contributed by atoms with van der Waals surface area (Å²) in [4.78, 5) is 22.2. The average molecular weight is 392 g/mol. The van der Waals surface area contributed by atoms with E-state index in [1.54, 1.807) is 13.3 Å². The van der Waals surface area contributed by atoms with Gasteiger partial charge in [-0.3, -0.25) is 4.99 Å². The van der Waals surface area contributed by atoms with Gasteiger partial charge in [0.1, 0.15) is 5.60 Å². The predicted octanol–water partition coefficient (Wildman–Crippen LogP) is 4.86. The molecule has 3 rings (SSSR count).